The summed E-state index contributed by atoms with van der Waals surface area (Å²) in [5, 5.41) is 0. The van der Waals surface area contributed by atoms with E-state index in [1.165, 1.54) is 37.4 Å². The fourth-order valence-electron chi connectivity index (χ4n) is 4.60. The average molecular weight is 587 g/mol. The van der Waals surface area contributed by atoms with Crippen LogP contribution in [-0.2, 0) is 29.0 Å². The van der Waals surface area contributed by atoms with E-state index < -0.39 is 23.4 Å². The van der Waals surface area contributed by atoms with Gasteiger partial charge in [0.25, 0.3) is 0 Å². The number of pyridine rings is 1. The molecule has 5 rings (SSSR count). The first-order chi connectivity index (χ1) is 20.8. The number of benzene rings is 3. The highest BCUT2D eigenvalue weighted by atomic mass is 19.1. The maximum atomic E-state index is 15.4. The maximum absolute atomic E-state index is 15.4. The fourth-order valence-corrected chi connectivity index (χ4v) is 4.60. The molecule has 43 heavy (non-hydrogen) atoms. The fraction of sp³-hybridized carbons (Fsp3) is 0.188. The molecule has 0 saturated carbocycles. The van der Waals surface area contributed by atoms with Crippen molar-refractivity contribution in [3.63, 3.8) is 0 Å². The van der Waals surface area contributed by atoms with Crippen LogP contribution in [0.3, 0.4) is 0 Å². The number of halogens is 3. The van der Waals surface area contributed by atoms with Gasteiger partial charge in [-0.15, -0.1) is 0 Å². The van der Waals surface area contributed by atoms with Gasteiger partial charge in [-0.05, 0) is 48.0 Å². The monoisotopic (exact) mass is 586 g/mol. The first-order valence-electron chi connectivity index (χ1n) is 13.1. The highest BCUT2D eigenvalue weighted by Crippen LogP contribution is 2.29. The summed E-state index contributed by atoms with van der Waals surface area (Å²) in [6.07, 6.45) is 0.250. The standard InChI is InChI=1S/C32H25F3N4O4/c1-36-22-7-5-21(25(34)17-22)18-43-30-11-9-24(33)31(38-30)23-8-4-19(14-26(23)35)15-29-37-27-10-6-20(32(40)42-3)16-28(27)39(29)12-13-41-2/h4-11,14,16-17H,12-13,15,18H2,2-3H3. The lowest BCUT2D eigenvalue weighted by atomic mass is 10.0. The summed E-state index contributed by atoms with van der Waals surface area (Å²) in [7, 11) is 2.88. The molecule has 0 N–H and O–H groups in total. The van der Waals surface area contributed by atoms with Gasteiger partial charge in [0.2, 0.25) is 5.88 Å². The molecule has 8 nitrogen and oxygen atoms in total. The third-order valence-electron chi connectivity index (χ3n) is 6.78. The molecule has 218 valence electrons. The number of rotatable bonds is 10. The Morgan fingerprint density at radius 3 is 2.49 bits per heavy atom. The van der Waals surface area contributed by atoms with Gasteiger partial charge < -0.3 is 18.8 Å². The lowest BCUT2D eigenvalue weighted by Crippen LogP contribution is -2.09. The summed E-state index contributed by atoms with van der Waals surface area (Å²) >= 11 is 0. The number of methoxy groups -OCH3 is 2. The van der Waals surface area contributed by atoms with Gasteiger partial charge in [0.15, 0.2) is 5.69 Å². The van der Waals surface area contributed by atoms with Crippen LogP contribution in [0.4, 0.5) is 18.9 Å². The van der Waals surface area contributed by atoms with Crippen molar-refractivity contribution in [3.05, 3.63) is 118 Å². The smallest absolute Gasteiger partial charge is 0.337 e. The Hall–Kier alpha value is -5.21. The Balaban J connectivity index is 1.39. The van der Waals surface area contributed by atoms with Gasteiger partial charge in [-0.1, -0.05) is 18.2 Å². The minimum Gasteiger partial charge on any atom is -0.473 e. The molecule has 2 aromatic heterocycles. The van der Waals surface area contributed by atoms with E-state index in [1.54, 1.807) is 31.4 Å². The van der Waals surface area contributed by atoms with Gasteiger partial charge in [0, 0.05) is 37.3 Å². The van der Waals surface area contributed by atoms with Crippen LogP contribution in [0.5, 0.6) is 5.88 Å². The highest BCUT2D eigenvalue weighted by molar-refractivity contribution is 5.93. The lowest BCUT2D eigenvalue weighted by Gasteiger charge is -2.11. The summed E-state index contributed by atoms with van der Waals surface area (Å²) in [6.45, 7) is 7.59. The van der Waals surface area contributed by atoms with Crippen molar-refractivity contribution < 1.29 is 32.2 Å². The second kappa shape index (κ2) is 12.8. The van der Waals surface area contributed by atoms with Gasteiger partial charge in [-0.2, -0.15) is 0 Å². The van der Waals surface area contributed by atoms with E-state index in [9.17, 15) is 13.6 Å². The molecule has 0 bridgehead atoms. The maximum Gasteiger partial charge on any atom is 0.337 e. The van der Waals surface area contributed by atoms with Crippen molar-refractivity contribution in [1.29, 1.82) is 0 Å². The number of hydrogen-bond donors (Lipinski definition) is 0. The Labute approximate surface area is 245 Å². The van der Waals surface area contributed by atoms with E-state index in [0.717, 1.165) is 12.1 Å². The van der Waals surface area contributed by atoms with Gasteiger partial charge in [0.1, 0.15) is 35.6 Å². The molecule has 0 atom stereocenters. The predicted octanol–water partition coefficient (Wildman–Crippen LogP) is 6.67. The quantitative estimate of drug-likeness (QED) is 0.134. The minimum atomic E-state index is -0.755. The zero-order valence-electron chi connectivity index (χ0n) is 23.2. The topological polar surface area (TPSA) is 79.8 Å². The number of carbonyl (C=O) groups excluding carboxylic acids is 1. The number of fused-ring (bicyclic) bond motifs is 1. The minimum absolute atomic E-state index is 0.0216. The highest BCUT2D eigenvalue weighted by Gasteiger charge is 2.18. The first kappa shape index (κ1) is 29.3. The number of hydrogen-bond acceptors (Lipinski definition) is 6. The molecule has 3 aromatic carbocycles. The van der Waals surface area contributed by atoms with Crippen molar-refractivity contribution in [1.82, 2.24) is 14.5 Å². The molecule has 2 heterocycles. The molecule has 0 saturated heterocycles. The Morgan fingerprint density at radius 1 is 0.930 bits per heavy atom. The molecular weight excluding hydrogens is 561 g/mol. The molecule has 0 spiro atoms. The number of ether oxygens (including phenoxy) is 3. The van der Waals surface area contributed by atoms with E-state index in [1.807, 2.05) is 4.57 Å². The average Bonchev–Trinajstić information content (AvgIpc) is 3.35. The van der Waals surface area contributed by atoms with Crippen LogP contribution in [0.25, 0.3) is 27.1 Å². The molecule has 5 aromatic rings. The van der Waals surface area contributed by atoms with Crippen LogP contribution < -0.4 is 4.74 Å². The van der Waals surface area contributed by atoms with Crippen LogP contribution >= 0.6 is 0 Å². The largest absolute Gasteiger partial charge is 0.473 e. The Kier molecular flexibility index (Phi) is 8.69. The second-order valence-electron chi connectivity index (χ2n) is 9.51. The molecule has 11 heteroatoms. The molecule has 0 amide bonds. The third kappa shape index (κ3) is 6.34. The number of aromatic nitrogens is 3. The normalized spacial score (nSPS) is 11.0. The van der Waals surface area contributed by atoms with Crippen molar-refractivity contribution >= 4 is 22.7 Å². The molecular formula is C32H25F3N4O4. The van der Waals surface area contributed by atoms with E-state index in [0.29, 0.717) is 41.1 Å². The van der Waals surface area contributed by atoms with Gasteiger partial charge >= 0.3 is 5.97 Å². The number of nitrogens with zero attached hydrogens (tertiary/aromatic N) is 4. The summed E-state index contributed by atoms with van der Waals surface area (Å²) in [6, 6.07) is 15.8. The number of imidazole rings is 1. The summed E-state index contributed by atoms with van der Waals surface area (Å²) < 4.78 is 61.9. The molecule has 0 unspecified atom stereocenters. The van der Waals surface area contributed by atoms with Crippen LogP contribution in [0, 0.1) is 24.0 Å². The molecule has 0 aliphatic rings. The molecule has 0 radical (unpaired) electrons. The van der Waals surface area contributed by atoms with E-state index in [4.69, 9.17) is 20.8 Å². The van der Waals surface area contributed by atoms with E-state index in [-0.39, 0.29) is 41.4 Å². The lowest BCUT2D eigenvalue weighted by molar-refractivity contribution is 0.0601. The SMILES string of the molecule is [C-]#[N+]c1ccc(COc2ccc(F)c(-c3ccc(Cc4nc5ccc(C(=O)OC)cc5n4CCOC)cc3F)n2)c(F)c1. The van der Waals surface area contributed by atoms with Crippen molar-refractivity contribution in [3.8, 4) is 17.1 Å². The summed E-state index contributed by atoms with van der Waals surface area (Å²) in [4.78, 5) is 24.1. The van der Waals surface area contributed by atoms with Gasteiger partial charge in [0.05, 0.1) is 36.9 Å². The molecule has 0 fully saturated rings. The van der Waals surface area contributed by atoms with Crippen molar-refractivity contribution in [2.24, 2.45) is 0 Å². The van der Waals surface area contributed by atoms with E-state index in [2.05, 4.69) is 14.8 Å². The molecule has 0 aliphatic heterocycles. The zero-order chi connectivity index (χ0) is 30.5. The molecule has 0 aliphatic carbocycles. The Bertz CT molecular complexity index is 1870. The van der Waals surface area contributed by atoms with Crippen LogP contribution in [0.2, 0.25) is 0 Å². The van der Waals surface area contributed by atoms with Gasteiger partial charge in [-0.3, -0.25) is 0 Å². The van der Waals surface area contributed by atoms with Gasteiger partial charge in [-0.25, -0.2) is 32.8 Å². The van der Waals surface area contributed by atoms with Crippen LogP contribution in [-0.4, -0.2) is 41.3 Å². The number of carbonyl (C=O) groups is 1. The second-order valence-corrected chi connectivity index (χ2v) is 9.51. The van der Waals surface area contributed by atoms with Crippen molar-refractivity contribution in [2.45, 2.75) is 19.6 Å². The first-order valence-corrected chi connectivity index (χ1v) is 13.1. The third-order valence-corrected chi connectivity index (χ3v) is 6.78. The van der Waals surface area contributed by atoms with Crippen molar-refractivity contribution in [2.75, 3.05) is 20.8 Å². The van der Waals surface area contributed by atoms with E-state index >= 15 is 4.39 Å². The summed E-state index contributed by atoms with van der Waals surface area (Å²) in [5.74, 6) is -1.94. The van der Waals surface area contributed by atoms with Crippen LogP contribution in [0.15, 0.2) is 66.7 Å². The Morgan fingerprint density at radius 2 is 1.77 bits per heavy atom. The van der Waals surface area contributed by atoms with Crippen LogP contribution in [0.1, 0.15) is 27.3 Å². The predicted molar refractivity (Wildman–Crippen MR) is 152 cm³/mol. The summed E-state index contributed by atoms with van der Waals surface area (Å²) in [5.41, 5.74) is 2.33. The number of esters is 1. The zero-order valence-corrected chi connectivity index (χ0v) is 23.2.